The maximum Gasteiger partial charge on any atom is -0.00489 e. The zero-order chi connectivity index (χ0) is 34.7. The Labute approximate surface area is 297 Å². The Balaban J connectivity index is 0.000000304. The van der Waals surface area contributed by atoms with Gasteiger partial charge < -0.3 is 5.32 Å². The van der Waals surface area contributed by atoms with Crippen molar-refractivity contribution < 1.29 is 0 Å². The molecule has 0 aromatic rings. The lowest BCUT2D eigenvalue weighted by Gasteiger charge is -2.59. The third-order valence-electron chi connectivity index (χ3n) is 16.7. The van der Waals surface area contributed by atoms with Crippen LogP contribution in [0.15, 0.2) is 0 Å². The van der Waals surface area contributed by atoms with Gasteiger partial charge in [0.1, 0.15) is 0 Å². The molecule has 0 heterocycles. The molecule has 0 radical (unpaired) electrons. The largest absolute Gasteiger partial charge is 0.317 e. The summed E-state index contributed by atoms with van der Waals surface area (Å²) in [5.41, 5.74) is 3.29. The highest BCUT2D eigenvalue weighted by Gasteiger charge is 2.80. The maximum atomic E-state index is 3.46. The van der Waals surface area contributed by atoms with Gasteiger partial charge in [0, 0.05) is 0 Å². The van der Waals surface area contributed by atoms with Crippen LogP contribution in [0.5, 0.6) is 0 Å². The summed E-state index contributed by atoms with van der Waals surface area (Å²) in [7, 11) is 0. The Bertz CT molecular complexity index is 935. The van der Waals surface area contributed by atoms with Crippen molar-refractivity contribution in [2.45, 2.75) is 205 Å². The van der Waals surface area contributed by atoms with Crippen LogP contribution in [0.4, 0.5) is 0 Å². The first kappa shape index (κ1) is 39.7. The number of nitrogens with one attached hydrogen (secondary N) is 1. The van der Waals surface area contributed by atoms with Crippen molar-refractivity contribution >= 4 is 0 Å². The predicted molar refractivity (Wildman–Crippen MR) is 209 cm³/mol. The Kier molecular flexibility index (Phi) is 13.6. The summed E-state index contributed by atoms with van der Waals surface area (Å²) in [6, 6.07) is 0. The van der Waals surface area contributed by atoms with Gasteiger partial charge in [0.25, 0.3) is 0 Å². The molecule has 11 atom stereocenters. The van der Waals surface area contributed by atoms with Crippen molar-refractivity contribution in [2.75, 3.05) is 13.1 Å². The molecule has 0 bridgehead atoms. The van der Waals surface area contributed by atoms with Gasteiger partial charge in [-0.15, -0.1) is 0 Å². The van der Waals surface area contributed by atoms with E-state index in [1.165, 1.54) is 77.3 Å². The van der Waals surface area contributed by atoms with Gasteiger partial charge in [-0.05, 0) is 171 Å². The Hall–Kier alpha value is -0.0400. The third kappa shape index (κ3) is 7.62. The van der Waals surface area contributed by atoms with E-state index in [9.17, 15) is 0 Å². The van der Waals surface area contributed by atoms with Gasteiger partial charge in [0.05, 0.1) is 0 Å². The van der Waals surface area contributed by atoms with E-state index in [2.05, 4.69) is 88.4 Å². The van der Waals surface area contributed by atoms with E-state index >= 15 is 0 Å². The van der Waals surface area contributed by atoms with Gasteiger partial charge in [0.2, 0.25) is 0 Å². The standard InChI is InChI=1S/C33H56.C10H23N.C3H8/c1-9-24(29(3,4)5)22-10-11-25-23(18-22)19-27-26-12-13-28-30(6,7)21(2)14-15-33(28)20-32(26,33)17-16-31(25,27)8;1-3-5-7-9-11-10-8-6-4-2;1-3-2/h21-28H,9-20H2,1-8H3;11H,3-10H2,1-2H3;3H2,1-2H3/t21?,22?,23?,24-,25?,26?,27?,28?,31+,32-,33+;;/m0../s1. The first-order valence-corrected chi connectivity index (χ1v) is 21.9. The summed E-state index contributed by atoms with van der Waals surface area (Å²) in [6.45, 7) is 31.9. The fourth-order valence-corrected chi connectivity index (χ4v) is 14.2. The highest BCUT2D eigenvalue weighted by atomic mass is 14.8. The number of hydrogen-bond donors (Lipinski definition) is 1. The van der Waals surface area contributed by atoms with Crippen molar-refractivity contribution in [3.8, 4) is 0 Å². The summed E-state index contributed by atoms with van der Waals surface area (Å²) >= 11 is 0. The van der Waals surface area contributed by atoms with Crippen molar-refractivity contribution in [2.24, 2.45) is 74.4 Å². The van der Waals surface area contributed by atoms with Gasteiger partial charge >= 0.3 is 0 Å². The van der Waals surface area contributed by atoms with Crippen LogP contribution in [0.25, 0.3) is 0 Å². The quantitative estimate of drug-likeness (QED) is 0.231. The number of unbranched alkanes of at least 4 members (excludes halogenated alkanes) is 4. The summed E-state index contributed by atoms with van der Waals surface area (Å²) < 4.78 is 0. The maximum absolute atomic E-state index is 3.46. The predicted octanol–water partition coefficient (Wildman–Crippen LogP) is 14.1. The van der Waals surface area contributed by atoms with Crippen LogP contribution in [-0.4, -0.2) is 13.1 Å². The second-order valence-electron chi connectivity index (χ2n) is 20.5. The van der Waals surface area contributed by atoms with Crippen LogP contribution in [0.1, 0.15) is 205 Å². The molecule has 6 aliphatic rings. The molecule has 47 heavy (non-hydrogen) atoms. The lowest BCUT2D eigenvalue weighted by Crippen LogP contribution is -2.52. The van der Waals surface area contributed by atoms with E-state index in [1.807, 2.05) is 0 Å². The molecule has 0 aliphatic heterocycles. The fourth-order valence-electron chi connectivity index (χ4n) is 14.2. The van der Waals surface area contributed by atoms with E-state index < -0.39 is 0 Å². The minimum absolute atomic E-state index is 0.481. The Morgan fingerprint density at radius 2 is 1.30 bits per heavy atom. The van der Waals surface area contributed by atoms with Crippen LogP contribution in [0.2, 0.25) is 0 Å². The number of rotatable bonds is 10. The minimum atomic E-state index is 0.481. The van der Waals surface area contributed by atoms with E-state index in [0.29, 0.717) is 16.2 Å². The van der Waals surface area contributed by atoms with E-state index in [-0.39, 0.29) is 0 Å². The summed E-state index contributed by atoms with van der Waals surface area (Å²) in [5.74, 6) is 8.15. The molecule has 0 saturated heterocycles. The summed E-state index contributed by atoms with van der Waals surface area (Å²) in [4.78, 5) is 0. The van der Waals surface area contributed by atoms with Crippen LogP contribution < -0.4 is 5.32 Å². The summed E-state index contributed by atoms with van der Waals surface area (Å²) in [6.07, 6.45) is 28.1. The van der Waals surface area contributed by atoms with E-state index in [0.717, 1.165) is 58.2 Å². The van der Waals surface area contributed by atoms with Gasteiger partial charge in [-0.2, -0.15) is 0 Å². The fraction of sp³-hybridized carbons (Fsp3) is 1.00. The molecule has 0 aromatic heterocycles. The first-order chi connectivity index (χ1) is 22.2. The zero-order valence-corrected chi connectivity index (χ0v) is 34.5. The SMILES string of the molecule is CCC.CCCCCNCCCCC.CC[C@@H](C1CCC2C(C1)CC1C3CCC4C(C)(C)C(C)CC[C@@]45C[C@@]35CC[C@]21C)C(C)(C)C. The highest BCUT2D eigenvalue weighted by molar-refractivity contribution is 5.28. The van der Waals surface area contributed by atoms with Crippen LogP contribution in [0.3, 0.4) is 0 Å². The van der Waals surface area contributed by atoms with E-state index in [1.54, 1.807) is 57.8 Å². The number of fused-ring (bicyclic) bond motifs is 4. The van der Waals surface area contributed by atoms with Crippen molar-refractivity contribution in [3.05, 3.63) is 0 Å². The molecule has 6 aliphatic carbocycles. The second-order valence-corrected chi connectivity index (χ2v) is 20.5. The molecule has 0 amide bonds. The molecule has 2 spiro atoms. The second kappa shape index (κ2) is 16.1. The molecule has 1 N–H and O–H groups in total. The third-order valence-corrected chi connectivity index (χ3v) is 16.7. The molecule has 6 rings (SSSR count). The van der Waals surface area contributed by atoms with Gasteiger partial charge in [-0.1, -0.05) is 122 Å². The lowest BCUT2D eigenvalue weighted by atomic mass is 9.45. The van der Waals surface area contributed by atoms with Crippen molar-refractivity contribution in [3.63, 3.8) is 0 Å². The number of hydrogen-bond acceptors (Lipinski definition) is 1. The molecule has 276 valence electrons. The normalized spacial score (nSPS) is 41.7. The van der Waals surface area contributed by atoms with E-state index in [4.69, 9.17) is 0 Å². The molecule has 0 aromatic carbocycles. The van der Waals surface area contributed by atoms with Crippen LogP contribution in [0, 0.1) is 74.4 Å². The molecular weight excluding hydrogens is 567 g/mol. The molecule has 6 saturated carbocycles. The van der Waals surface area contributed by atoms with Gasteiger partial charge in [0.15, 0.2) is 0 Å². The molecule has 1 heteroatoms. The van der Waals surface area contributed by atoms with Crippen LogP contribution in [-0.2, 0) is 0 Å². The molecule has 7 unspecified atom stereocenters. The summed E-state index contributed by atoms with van der Waals surface area (Å²) in [5, 5.41) is 3.46. The van der Waals surface area contributed by atoms with Crippen molar-refractivity contribution in [1.29, 1.82) is 0 Å². The van der Waals surface area contributed by atoms with Crippen LogP contribution >= 0.6 is 0 Å². The average Bonchev–Trinajstić information content (AvgIpc) is 3.59. The molecule has 6 fully saturated rings. The molecule has 1 nitrogen and oxygen atoms in total. The molecular formula is C46H87N. The van der Waals surface area contributed by atoms with Crippen molar-refractivity contribution in [1.82, 2.24) is 5.32 Å². The Morgan fingerprint density at radius 1 is 0.681 bits per heavy atom. The zero-order valence-electron chi connectivity index (χ0n) is 34.5. The first-order valence-electron chi connectivity index (χ1n) is 21.9. The van der Waals surface area contributed by atoms with Gasteiger partial charge in [-0.3, -0.25) is 0 Å². The Morgan fingerprint density at radius 3 is 1.87 bits per heavy atom. The minimum Gasteiger partial charge on any atom is -0.317 e. The lowest BCUT2D eigenvalue weighted by molar-refractivity contribution is -0.109. The van der Waals surface area contributed by atoms with Gasteiger partial charge in [-0.25, -0.2) is 0 Å². The highest BCUT2D eigenvalue weighted by Crippen LogP contribution is 2.87. The monoisotopic (exact) mass is 654 g/mol. The smallest absolute Gasteiger partial charge is 0.00489 e. The topological polar surface area (TPSA) is 12.0 Å². The average molecular weight is 654 g/mol.